The second-order valence-corrected chi connectivity index (χ2v) is 16.7. The van der Waals surface area contributed by atoms with Crippen molar-refractivity contribution < 1.29 is 86.9 Å². The smallest absolute Gasteiger partial charge is 0.481 e. The molecular weight excluding hydrogens is 913 g/mol. The molecule has 0 aliphatic carbocycles. The fraction of sp³-hybridized carbons (Fsp3) is 0.564. The monoisotopic (exact) mass is 971 g/mol. The number of phosphoric acid groups is 1. The van der Waals surface area contributed by atoms with Crippen LogP contribution >= 0.6 is 7.82 Å². The minimum absolute atomic E-state index is 0.122. The Morgan fingerprint density at radius 2 is 1.27 bits per heavy atom. The Kier molecular flexibility index (Phi) is 22.8. The predicted octanol–water partition coefficient (Wildman–Crippen LogP) is -3.68. The highest BCUT2D eigenvalue weighted by molar-refractivity contribution is 7.46. The highest BCUT2D eigenvalue weighted by atomic mass is 31.2. The molecule has 1 heterocycles. The van der Waals surface area contributed by atoms with Gasteiger partial charge in [-0.05, 0) is 55.7 Å². The van der Waals surface area contributed by atoms with Gasteiger partial charge >= 0.3 is 25.7 Å². The number of nitrogens with zero attached hydrogens (tertiary/aromatic N) is 1. The van der Waals surface area contributed by atoms with Gasteiger partial charge in [0, 0.05) is 32.2 Å². The molecule has 28 heteroatoms. The summed E-state index contributed by atoms with van der Waals surface area (Å²) in [7, 11) is -4.95. The van der Waals surface area contributed by atoms with Gasteiger partial charge in [-0.25, -0.2) is 9.36 Å². The predicted molar refractivity (Wildman–Crippen MR) is 229 cm³/mol. The van der Waals surface area contributed by atoms with Crippen LogP contribution in [-0.2, 0) is 63.7 Å². The molecule has 2 rings (SSSR count). The molecule has 372 valence electrons. The number of phosphoric ester groups is 1. The molecule has 1 saturated heterocycles. The first-order valence-corrected chi connectivity index (χ1v) is 22.4. The Hall–Kier alpha value is -6.70. The molecule has 27 nitrogen and oxygen atoms in total. The number of benzene rings is 1. The summed E-state index contributed by atoms with van der Waals surface area (Å²) in [6, 6.07) is -3.48. The molecule has 0 spiro atoms. The van der Waals surface area contributed by atoms with Crippen molar-refractivity contribution in [1.29, 1.82) is 0 Å². The fourth-order valence-electron chi connectivity index (χ4n) is 6.52. The van der Waals surface area contributed by atoms with E-state index in [1.54, 1.807) is 13.8 Å². The maximum atomic E-state index is 13.6. The number of carboxylic acids is 3. The van der Waals surface area contributed by atoms with Crippen LogP contribution in [0.3, 0.4) is 0 Å². The van der Waals surface area contributed by atoms with Gasteiger partial charge in [0.15, 0.2) is 0 Å². The SMILES string of the molecule is CC[C@H](C)[C@H](NC(=O)[C@H](CCC(=O)O)NC(=O)CNC(=O)[C@H](Cc1ccc(OP(=O)(O)O)cc1)NC(=O)CNC(=O)[C@H](CCC(N)=O)NC(=O)[C@@H](N)CCC(=O)O)C(=O)N1CCC[C@@H]1C(=O)O. The number of rotatable bonds is 29. The average Bonchev–Trinajstić information content (AvgIpc) is 3.76. The molecule has 1 aromatic rings. The molecule has 1 aliphatic heterocycles. The first-order chi connectivity index (χ1) is 31.3. The summed E-state index contributed by atoms with van der Waals surface area (Å²) in [6.07, 6.45) is -2.01. The Labute approximate surface area is 383 Å². The summed E-state index contributed by atoms with van der Waals surface area (Å²) in [5.74, 6) is -12.1. The molecule has 1 aromatic carbocycles. The summed E-state index contributed by atoms with van der Waals surface area (Å²) in [6.45, 7) is 1.77. The van der Waals surface area contributed by atoms with Crippen LogP contribution in [0.2, 0.25) is 0 Å². The van der Waals surface area contributed by atoms with Crippen molar-refractivity contribution in [3.63, 3.8) is 0 Å². The fourth-order valence-corrected chi connectivity index (χ4v) is 6.92. The summed E-state index contributed by atoms with van der Waals surface area (Å²) >= 11 is 0. The number of carbonyl (C=O) groups is 11. The van der Waals surface area contributed by atoms with E-state index < -0.39 is 154 Å². The van der Waals surface area contributed by atoms with Gasteiger partial charge in [0.25, 0.3) is 0 Å². The second-order valence-electron chi connectivity index (χ2n) is 15.5. The quantitative estimate of drug-likeness (QED) is 0.0344. The van der Waals surface area contributed by atoms with Gasteiger partial charge in [-0.2, -0.15) is 0 Å². The van der Waals surface area contributed by atoms with Crippen LogP contribution in [0, 0.1) is 5.92 Å². The van der Waals surface area contributed by atoms with Gasteiger partial charge in [-0.15, -0.1) is 0 Å². The normalized spacial score (nSPS) is 16.1. The summed E-state index contributed by atoms with van der Waals surface area (Å²) in [5.41, 5.74) is 11.2. The van der Waals surface area contributed by atoms with E-state index in [1.807, 2.05) is 0 Å². The van der Waals surface area contributed by atoms with Crippen molar-refractivity contribution in [3.8, 4) is 5.75 Å². The lowest BCUT2D eigenvalue weighted by atomic mass is 9.96. The molecule has 0 radical (unpaired) electrons. The van der Waals surface area contributed by atoms with Gasteiger partial charge in [-0.1, -0.05) is 32.4 Å². The first kappa shape index (κ1) is 56.4. The van der Waals surface area contributed by atoms with E-state index in [1.165, 1.54) is 12.1 Å². The molecule has 7 atom stereocenters. The molecule has 1 aliphatic rings. The first-order valence-electron chi connectivity index (χ1n) is 20.9. The third-order valence-corrected chi connectivity index (χ3v) is 10.7. The number of primary amides is 1. The zero-order valence-electron chi connectivity index (χ0n) is 36.6. The van der Waals surface area contributed by atoms with E-state index >= 15 is 0 Å². The van der Waals surface area contributed by atoms with E-state index in [9.17, 15) is 67.5 Å². The molecule has 0 unspecified atom stereocenters. The standard InChI is InChI=1S/C39H58N9O18P/c1-3-20(2)33(38(60)48-16-4-5-27(48)39(61)62)47-37(59)25(12-15-32(54)55)44-29(50)18-43-36(58)26(17-21-6-8-22(9-7-21)66-67(63,64)65)45-30(51)19-42-35(57)24(11-13-28(41)49)46-34(56)23(40)10-14-31(52)53/h6-9,20,23-27,33H,3-5,10-19,40H2,1-2H3,(H2,41,49)(H,42,57)(H,43,58)(H,44,50)(H,45,51)(H,46,56)(H,47,59)(H,52,53)(H,54,55)(H,61,62)(H2,63,64,65)/t20-,23-,24-,25-,26-,27+,33-/m0/s1. The third kappa shape index (κ3) is 20.6. The number of hydrogen-bond donors (Lipinski definition) is 13. The van der Waals surface area contributed by atoms with Crippen LogP contribution in [0.1, 0.15) is 77.2 Å². The van der Waals surface area contributed by atoms with E-state index in [4.69, 9.17) is 26.4 Å². The minimum Gasteiger partial charge on any atom is -0.481 e. The van der Waals surface area contributed by atoms with Crippen molar-refractivity contribution in [2.24, 2.45) is 17.4 Å². The molecule has 0 saturated carbocycles. The van der Waals surface area contributed by atoms with Crippen LogP contribution in [0.5, 0.6) is 5.75 Å². The highest BCUT2D eigenvalue weighted by Crippen LogP contribution is 2.37. The number of carbonyl (C=O) groups excluding carboxylic acids is 8. The maximum absolute atomic E-state index is 13.6. The van der Waals surface area contributed by atoms with Crippen LogP contribution in [0.25, 0.3) is 0 Å². The number of hydrogen-bond acceptors (Lipinski definition) is 14. The zero-order valence-corrected chi connectivity index (χ0v) is 37.5. The van der Waals surface area contributed by atoms with Gasteiger partial charge in [0.2, 0.25) is 47.3 Å². The lowest BCUT2D eigenvalue weighted by molar-refractivity contribution is -0.150. The average molecular weight is 972 g/mol. The molecule has 1 fully saturated rings. The maximum Gasteiger partial charge on any atom is 0.524 e. The molecule has 8 amide bonds. The van der Waals surface area contributed by atoms with Crippen molar-refractivity contribution in [3.05, 3.63) is 29.8 Å². The number of amides is 8. The van der Waals surface area contributed by atoms with Crippen molar-refractivity contribution in [1.82, 2.24) is 36.8 Å². The van der Waals surface area contributed by atoms with Gasteiger partial charge < -0.3 is 68.1 Å². The van der Waals surface area contributed by atoms with E-state index in [0.29, 0.717) is 12.8 Å². The molecule has 15 N–H and O–H groups in total. The van der Waals surface area contributed by atoms with Gasteiger partial charge in [0.05, 0.1) is 19.1 Å². The molecule has 0 aromatic heterocycles. The molecular formula is C39H58N9O18P. The van der Waals surface area contributed by atoms with E-state index in [0.717, 1.165) is 17.0 Å². The van der Waals surface area contributed by atoms with Crippen molar-refractivity contribution in [2.45, 2.75) is 114 Å². The number of nitrogens with two attached hydrogens (primary N) is 2. The third-order valence-electron chi connectivity index (χ3n) is 10.3. The highest BCUT2D eigenvalue weighted by Gasteiger charge is 2.40. The lowest BCUT2D eigenvalue weighted by Crippen LogP contribution is -2.58. The van der Waals surface area contributed by atoms with Crippen LogP contribution < -0.4 is 47.9 Å². The van der Waals surface area contributed by atoms with Crippen LogP contribution in [-0.4, -0.2) is 151 Å². The second kappa shape index (κ2) is 27.1. The summed E-state index contributed by atoms with van der Waals surface area (Å²) in [5, 5.41) is 41.8. The van der Waals surface area contributed by atoms with E-state index in [2.05, 4.69) is 36.4 Å². The largest absolute Gasteiger partial charge is 0.524 e. The number of aliphatic carboxylic acids is 3. The van der Waals surface area contributed by atoms with Crippen molar-refractivity contribution in [2.75, 3.05) is 19.6 Å². The van der Waals surface area contributed by atoms with E-state index in [-0.39, 0.29) is 43.5 Å². The molecule has 67 heavy (non-hydrogen) atoms. The van der Waals surface area contributed by atoms with Crippen molar-refractivity contribution >= 4 is 73.0 Å². The Balaban J connectivity index is 2.26. The summed E-state index contributed by atoms with van der Waals surface area (Å²) in [4.78, 5) is 158. The number of likely N-dealkylation sites (tertiary alicyclic amines) is 1. The Morgan fingerprint density at radius 1 is 0.746 bits per heavy atom. The van der Waals surface area contributed by atoms with Crippen LogP contribution in [0.4, 0.5) is 0 Å². The number of nitrogens with one attached hydrogen (secondary N) is 6. The minimum atomic E-state index is -4.95. The van der Waals surface area contributed by atoms with Gasteiger partial charge in [-0.3, -0.25) is 57.7 Å². The van der Waals surface area contributed by atoms with Gasteiger partial charge in [0.1, 0.15) is 36.0 Å². The Bertz CT molecular complexity index is 2030. The topological polar surface area (TPSA) is 443 Å². The number of carboxylic acid groups (broad SMARTS) is 3. The molecule has 0 bridgehead atoms. The zero-order chi connectivity index (χ0) is 50.6. The Morgan fingerprint density at radius 3 is 1.79 bits per heavy atom. The van der Waals surface area contributed by atoms with Crippen LogP contribution in [0.15, 0.2) is 24.3 Å². The lowest BCUT2D eigenvalue weighted by Gasteiger charge is -2.31. The summed E-state index contributed by atoms with van der Waals surface area (Å²) < 4.78 is 15.8.